The maximum absolute atomic E-state index is 11.5. The largest absolute Gasteiger partial charge is 0.352 e. The molecule has 0 bridgehead atoms. The number of carbonyl (C=O) groups is 2. The summed E-state index contributed by atoms with van der Waals surface area (Å²) in [6.07, 6.45) is 0.576. The van der Waals surface area contributed by atoms with Crippen molar-refractivity contribution < 1.29 is 9.59 Å². The van der Waals surface area contributed by atoms with Gasteiger partial charge in [0.15, 0.2) is 0 Å². The molecule has 3 heteroatoms. The van der Waals surface area contributed by atoms with E-state index in [1.54, 1.807) is 0 Å². The highest BCUT2D eigenvalue weighted by molar-refractivity contribution is 5.84. The Bertz CT molecular complexity index is 604. The number of rotatable bonds is 5. The van der Waals surface area contributed by atoms with Crippen molar-refractivity contribution in [3.05, 3.63) is 48.0 Å². The van der Waals surface area contributed by atoms with Gasteiger partial charge < -0.3 is 10.1 Å². The first-order chi connectivity index (χ1) is 9.15. The van der Waals surface area contributed by atoms with E-state index in [9.17, 15) is 9.59 Å². The second-order valence-electron chi connectivity index (χ2n) is 4.66. The highest BCUT2D eigenvalue weighted by atomic mass is 16.2. The molecule has 1 N–H and O–H groups in total. The zero-order valence-electron chi connectivity index (χ0n) is 11.0. The van der Waals surface area contributed by atoms with Crippen molar-refractivity contribution in [3.63, 3.8) is 0 Å². The van der Waals surface area contributed by atoms with Crippen molar-refractivity contribution in [2.75, 3.05) is 0 Å². The summed E-state index contributed by atoms with van der Waals surface area (Å²) >= 11 is 0. The van der Waals surface area contributed by atoms with Crippen molar-refractivity contribution in [2.45, 2.75) is 26.3 Å². The van der Waals surface area contributed by atoms with E-state index in [4.69, 9.17) is 0 Å². The van der Waals surface area contributed by atoms with E-state index in [0.717, 1.165) is 10.9 Å². The lowest BCUT2D eigenvalue weighted by Gasteiger charge is -2.06. The number of fused-ring (bicyclic) bond motifs is 1. The van der Waals surface area contributed by atoms with Crippen molar-refractivity contribution >= 4 is 22.5 Å². The van der Waals surface area contributed by atoms with Crippen LogP contribution in [0.5, 0.6) is 0 Å². The standard InChI is InChI=1S/C16H17NO2/c1-12(18)6-9-16(19)17-11-13-7-8-14-4-2-3-5-15(14)10-13/h2-5,7-8,10H,6,9,11H2,1H3,(H,17,19). The van der Waals surface area contributed by atoms with Gasteiger partial charge in [-0.25, -0.2) is 0 Å². The molecule has 0 saturated carbocycles. The van der Waals surface area contributed by atoms with Gasteiger partial charge in [0.25, 0.3) is 0 Å². The first kappa shape index (κ1) is 13.3. The molecule has 0 radical (unpaired) electrons. The fourth-order valence-corrected chi connectivity index (χ4v) is 1.93. The SMILES string of the molecule is CC(=O)CCC(=O)NCc1ccc2ccccc2c1. The van der Waals surface area contributed by atoms with Crippen molar-refractivity contribution in [1.82, 2.24) is 5.32 Å². The second kappa shape index (κ2) is 6.14. The Morgan fingerprint density at radius 1 is 1.00 bits per heavy atom. The lowest BCUT2D eigenvalue weighted by atomic mass is 10.1. The molecule has 2 rings (SSSR count). The van der Waals surface area contributed by atoms with Crippen LogP contribution < -0.4 is 5.32 Å². The van der Waals surface area contributed by atoms with Gasteiger partial charge in [-0.2, -0.15) is 0 Å². The van der Waals surface area contributed by atoms with Crippen LogP contribution in [-0.4, -0.2) is 11.7 Å². The predicted molar refractivity (Wildman–Crippen MR) is 75.7 cm³/mol. The van der Waals surface area contributed by atoms with E-state index >= 15 is 0 Å². The van der Waals surface area contributed by atoms with Crippen LogP contribution in [0, 0.1) is 0 Å². The molecule has 0 aliphatic heterocycles. The summed E-state index contributed by atoms with van der Waals surface area (Å²) in [7, 11) is 0. The molecule has 2 aromatic carbocycles. The lowest BCUT2D eigenvalue weighted by Crippen LogP contribution is -2.22. The third-order valence-corrected chi connectivity index (χ3v) is 3.01. The summed E-state index contributed by atoms with van der Waals surface area (Å²) in [5.41, 5.74) is 1.06. The molecular weight excluding hydrogens is 238 g/mol. The molecule has 98 valence electrons. The molecule has 0 saturated heterocycles. The Morgan fingerprint density at radius 2 is 1.74 bits per heavy atom. The molecule has 0 fully saturated rings. The Morgan fingerprint density at radius 3 is 2.47 bits per heavy atom. The van der Waals surface area contributed by atoms with Gasteiger partial charge >= 0.3 is 0 Å². The highest BCUT2D eigenvalue weighted by Gasteiger charge is 2.03. The molecule has 19 heavy (non-hydrogen) atoms. The molecule has 0 aromatic heterocycles. The van der Waals surface area contributed by atoms with Gasteiger partial charge in [-0.1, -0.05) is 36.4 Å². The average Bonchev–Trinajstić information content (AvgIpc) is 2.42. The fraction of sp³-hybridized carbons (Fsp3) is 0.250. The van der Waals surface area contributed by atoms with Crippen LogP contribution in [0.2, 0.25) is 0 Å². The Hall–Kier alpha value is -2.16. The number of Topliss-reactive ketones (excluding diaryl/α,β-unsaturated/α-hetero) is 1. The normalized spacial score (nSPS) is 10.4. The van der Waals surface area contributed by atoms with E-state index in [1.807, 2.05) is 24.3 Å². The number of ketones is 1. The van der Waals surface area contributed by atoms with Gasteiger partial charge in [0, 0.05) is 19.4 Å². The topological polar surface area (TPSA) is 46.2 Å². The van der Waals surface area contributed by atoms with Gasteiger partial charge in [0.2, 0.25) is 5.91 Å². The molecule has 1 amide bonds. The minimum atomic E-state index is -0.0802. The predicted octanol–water partition coefficient (Wildman–Crippen LogP) is 2.83. The Kier molecular flexibility index (Phi) is 4.29. The number of amides is 1. The average molecular weight is 255 g/mol. The first-order valence-electron chi connectivity index (χ1n) is 6.39. The van der Waals surface area contributed by atoms with Gasteiger partial charge in [0.1, 0.15) is 5.78 Å². The van der Waals surface area contributed by atoms with Gasteiger partial charge in [-0.05, 0) is 29.3 Å². The van der Waals surface area contributed by atoms with Crippen LogP contribution in [0.15, 0.2) is 42.5 Å². The maximum Gasteiger partial charge on any atom is 0.220 e. The number of carbonyl (C=O) groups excluding carboxylic acids is 2. The molecule has 0 aliphatic rings. The van der Waals surface area contributed by atoms with E-state index < -0.39 is 0 Å². The minimum Gasteiger partial charge on any atom is -0.352 e. The molecular formula is C16H17NO2. The molecule has 0 atom stereocenters. The highest BCUT2D eigenvalue weighted by Crippen LogP contribution is 2.15. The van der Waals surface area contributed by atoms with Crippen molar-refractivity contribution in [3.8, 4) is 0 Å². The van der Waals surface area contributed by atoms with E-state index in [-0.39, 0.29) is 18.1 Å². The fourth-order valence-electron chi connectivity index (χ4n) is 1.93. The van der Waals surface area contributed by atoms with Gasteiger partial charge in [0.05, 0.1) is 0 Å². The smallest absolute Gasteiger partial charge is 0.220 e. The lowest BCUT2D eigenvalue weighted by molar-refractivity contribution is -0.124. The number of hydrogen-bond acceptors (Lipinski definition) is 2. The van der Waals surface area contributed by atoms with Gasteiger partial charge in [-0.15, -0.1) is 0 Å². The van der Waals surface area contributed by atoms with Crippen LogP contribution in [0.4, 0.5) is 0 Å². The van der Waals surface area contributed by atoms with Crippen LogP contribution in [-0.2, 0) is 16.1 Å². The number of nitrogens with one attached hydrogen (secondary N) is 1. The van der Waals surface area contributed by atoms with Crippen molar-refractivity contribution in [2.24, 2.45) is 0 Å². The molecule has 0 aliphatic carbocycles. The zero-order chi connectivity index (χ0) is 13.7. The number of benzene rings is 2. The maximum atomic E-state index is 11.5. The summed E-state index contributed by atoms with van der Waals surface area (Å²) < 4.78 is 0. The molecule has 0 unspecified atom stereocenters. The monoisotopic (exact) mass is 255 g/mol. The Balaban J connectivity index is 1.94. The van der Waals surface area contributed by atoms with E-state index in [1.165, 1.54) is 12.3 Å². The third-order valence-electron chi connectivity index (χ3n) is 3.01. The summed E-state index contributed by atoms with van der Waals surface area (Å²) in [5.74, 6) is -0.0378. The zero-order valence-corrected chi connectivity index (χ0v) is 11.0. The summed E-state index contributed by atoms with van der Waals surface area (Å²) in [4.78, 5) is 22.3. The van der Waals surface area contributed by atoms with Crippen molar-refractivity contribution in [1.29, 1.82) is 0 Å². The first-order valence-corrected chi connectivity index (χ1v) is 6.39. The third kappa shape index (κ3) is 3.91. The van der Waals surface area contributed by atoms with E-state index in [2.05, 4.69) is 23.5 Å². The quantitative estimate of drug-likeness (QED) is 0.893. The van der Waals surface area contributed by atoms with Crippen LogP contribution >= 0.6 is 0 Å². The molecule has 2 aromatic rings. The Labute approximate surface area is 112 Å². The van der Waals surface area contributed by atoms with Crippen LogP contribution in [0.3, 0.4) is 0 Å². The summed E-state index contributed by atoms with van der Waals surface area (Å²) in [5, 5.41) is 5.18. The minimum absolute atomic E-state index is 0.0425. The molecule has 3 nitrogen and oxygen atoms in total. The number of hydrogen-bond donors (Lipinski definition) is 1. The van der Waals surface area contributed by atoms with E-state index in [0.29, 0.717) is 13.0 Å². The summed E-state index contributed by atoms with van der Waals surface area (Å²) in [6, 6.07) is 14.2. The van der Waals surface area contributed by atoms with Crippen LogP contribution in [0.1, 0.15) is 25.3 Å². The van der Waals surface area contributed by atoms with Gasteiger partial charge in [-0.3, -0.25) is 4.79 Å². The molecule has 0 spiro atoms. The summed E-state index contributed by atoms with van der Waals surface area (Å²) in [6.45, 7) is 2.00. The molecule has 0 heterocycles. The van der Waals surface area contributed by atoms with Crippen LogP contribution in [0.25, 0.3) is 10.8 Å². The second-order valence-corrected chi connectivity index (χ2v) is 4.66.